The molecule has 1 aromatic rings. The number of aromatic nitrogens is 1. The maximum atomic E-state index is 12.0. The number of likely N-dealkylation sites (N-methyl/N-ethyl adjacent to an activating group) is 1. The number of nitrogens with one attached hydrogen (secondary N) is 1. The van der Waals surface area contributed by atoms with Gasteiger partial charge in [-0.15, -0.1) is 0 Å². The van der Waals surface area contributed by atoms with Gasteiger partial charge in [0, 0.05) is 5.25 Å². The molecule has 1 aliphatic rings. The number of hydrogen-bond acceptors (Lipinski definition) is 6. The van der Waals surface area contributed by atoms with Crippen LogP contribution in [0.4, 0.5) is 0 Å². The molecule has 5 nitrogen and oxygen atoms in total. The van der Waals surface area contributed by atoms with Gasteiger partial charge in [0.2, 0.25) is 0 Å². The monoisotopic (exact) mass is 298 g/mol. The maximum Gasteiger partial charge on any atom is 0.326 e. The van der Waals surface area contributed by atoms with Gasteiger partial charge in [-0.05, 0) is 39.7 Å². The molecular formula is C14H22N2O3S. The summed E-state index contributed by atoms with van der Waals surface area (Å²) in [5.74, 6) is 0.693. The van der Waals surface area contributed by atoms with Crippen LogP contribution in [0.25, 0.3) is 0 Å². The molecule has 20 heavy (non-hydrogen) atoms. The van der Waals surface area contributed by atoms with E-state index >= 15 is 0 Å². The van der Waals surface area contributed by atoms with Crippen LogP contribution in [0.2, 0.25) is 0 Å². The number of rotatable bonds is 5. The molecule has 6 heteroatoms. The Hall–Kier alpha value is -1.01. The van der Waals surface area contributed by atoms with E-state index in [1.807, 2.05) is 20.8 Å². The predicted molar refractivity (Wildman–Crippen MR) is 77.9 cm³/mol. The topological polar surface area (TPSA) is 64.4 Å². The summed E-state index contributed by atoms with van der Waals surface area (Å²) in [7, 11) is 1.45. The Bertz CT molecular complexity index is 469. The Morgan fingerprint density at radius 3 is 2.90 bits per heavy atom. The van der Waals surface area contributed by atoms with Crippen LogP contribution in [0.3, 0.4) is 0 Å². The molecule has 2 atom stereocenters. The fourth-order valence-corrected chi connectivity index (χ4v) is 3.94. The molecule has 112 valence electrons. The van der Waals surface area contributed by atoms with E-state index in [1.54, 1.807) is 11.8 Å². The van der Waals surface area contributed by atoms with Gasteiger partial charge in [0.1, 0.15) is 11.3 Å². The van der Waals surface area contributed by atoms with E-state index in [4.69, 9.17) is 9.15 Å². The van der Waals surface area contributed by atoms with E-state index in [2.05, 4.69) is 10.3 Å². The summed E-state index contributed by atoms with van der Waals surface area (Å²) in [6, 6.07) is 0. The average molecular weight is 298 g/mol. The number of carbonyl (C=O) groups excluding carboxylic acids is 1. The molecule has 2 rings (SSSR count). The summed E-state index contributed by atoms with van der Waals surface area (Å²) < 4.78 is 10.6. The molecule has 0 aromatic carbocycles. The van der Waals surface area contributed by atoms with Crippen molar-refractivity contribution < 1.29 is 13.9 Å². The van der Waals surface area contributed by atoms with Gasteiger partial charge in [-0.1, -0.05) is 18.7 Å². The van der Waals surface area contributed by atoms with Gasteiger partial charge in [0.25, 0.3) is 5.22 Å². The van der Waals surface area contributed by atoms with Gasteiger partial charge in [-0.2, -0.15) is 0 Å². The highest BCUT2D eigenvalue weighted by Gasteiger charge is 2.46. The SMILES string of the molecule is CCNC1(C(=O)OC)CCC(Sc2nc(C)c(C)o2)C1. The molecule has 1 fully saturated rings. The smallest absolute Gasteiger partial charge is 0.326 e. The molecule has 2 unspecified atom stereocenters. The third-order valence-electron chi connectivity index (χ3n) is 3.84. The van der Waals surface area contributed by atoms with E-state index in [9.17, 15) is 4.79 Å². The molecule has 1 saturated carbocycles. The predicted octanol–water partition coefficient (Wildman–Crippen LogP) is 2.46. The van der Waals surface area contributed by atoms with E-state index in [-0.39, 0.29) is 5.97 Å². The van der Waals surface area contributed by atoms with E-state index in [0.717, 1.165) is 37.3 Å². The largest absolute Gasteiger partial charge is 0.468 e. The second kappa shape index (κ2) is 6.18. The highest BCUT2D eigenvalue weighted by molar-refractivity contribution is 7.99. The molecule has 1 aliphatic carbocycles. The van der Waals surface area contributed by atoms with E-state index < -0.39 is 5.54 Å². The molecule has 0 saturated heterocycles. The van der Waals surface area contributed by atoms with E-state index in [1.165, 1.54) is 7.11 Å². The summed E-state index contributed by atoms with van der Waals surface area (Å²) in [6.45, 7) is 6.61. The number of esters is 1. The third-order valence-corrected chi connectivity index (χ3v) is 4.95. The number of nitrogens with zero attached hydrogens (tertiary/aromatic N) is 1. The van der Waals surface area contributed by atoms with Crippen LogP contribution in [0.5, 0.6) is 0 Å². The van der Waals surface area contributed by atoms with Gasteiger partial charge in [0.05, 0.1) is 12.8 Å². The minimum Gasteiger partial charge on any atom is -0.468 e. The van der Waals surface area contributed by atoms with Crippen molar-refractivity contribution in [3.63, 3.8) is 0 Å². The quantitative estimate of drug-likeness (QED) is 0.842. The minimum atomic E-state index is -0.544. The number of aryl methyl sites for hydroxylation is 2. The van der Waals surface area contributed by atoms with Gasteiger partial charge >= 0.3 is 5.97 Å². The van der Waals surface area contributed by atoms with Gasteiger partial charge < -0.3 is 14.5 Å². The number of thioether (sulfide) groups is 1. The zero-order valence-electron chi connectivity index (χ0n) is 12.5. The minimum absolute atomic E-state index is 0.165. The summed E-state index contributed by atoms with van der Waals surface area (Å²) in [4.78, 5) is 16.4. The summed E-state index contributed by atoms with van der Waals surface area (Å²) in [5.41, 5.74) is 0.383. The number of ether oxygens (including phenoxy) is 1. The first-order chi connectivity index (χ1) is 9.50. The van der Waals surface area contributed by atoms with Crippen LogP contribution in [-0.4, -0.2) is 35.4 Å². The lowest BCUT2D eigenvalue weighted by Crippen LogP contribution is -2.50. The Morgan fingerprint density at radius 2 is 2.35 bits per heavy atom. The van der Waals surface area contributed by atoms with Crippen molar-refractivity contribution in [3.8, 4) is 0 Å². The van der Waals surface area contributed by atoms with Crippen LogP contribution >= 0.6 is 11.8 Å². The highest BCUT2D eigenvalue weighted by Crippen LogP contribution is 2.40. The lowest BCUT2D eigenvalue weighted by atomic mass is 9.98. The molecule has 0 radical (unpaired) electrons. The summed E-state index contributed by atoms with van der Waals surface area (Å²) >= 11 is 1.62. The highest BCUT2D eigenvalue weighted by atomic mass is 32.2. The van der Waals surface area contributed by atoms with Crippen LogP contribution in [0.1, 0.15) is 37.6 Å². The third kappa shape index (κ3) is 3.01. The number of hydrogen-bond donors (Lipinski definition) is 1. The summed E-state index contributed by atoms with van der Waals surface area (Å²) in [6.07, 6.45) is 2.50. The zero-order chi connectivity index (χ0) is 14.8. The van der Waals surface area contributed by atoms with Crippen molar-refractivity contribution in [1.82, 2.24) is 10.3 Å². The van der Waals surface area contributed by atoms with E-state index in [0.29, 0.717) is 10.5 Å². The molecule has 0 amide bonds. The average Bonchev–Trinajstić information content (AvgIpc) is 2.95. The second-order valence-corrected chi connectivity index (χ2v) is 6.46. The van der Waals surface area contributed by atoms with Crippen molar-refractivity contribution in [3.05, 3.63) is 11.5 Å². The molecule has 1 N–H and O–H groups in total. The van der Waals surface area contributed by atoms with Crippen LogP contribution in [-0.2, 0) is 9.53 Å². The Labute approximate surface area is 123 Å². The van der Waals surface area contributed by atoms with Crippen molar-refractivity contribution in [2.75, 3.05) is 13.7 Å². The zero-order valence-corrected chi connectivity index (χ0v) is 13.3. The standard InChI is InChI=1S/C14H22N2O3S/c1-5-15-14(12(17)18-4)7-6-11(8-14)20-13-16-9(2)10(3)19-13/h11,15H,5-8H2,1-4H3. The maximum absolute atomic E-state index is 12.0. The van der Waals surface area contributed by atoms with Crippen LogP contribution in [0.15, 0.2) is 9.64 Å². The van der Waals surface area contributed by atoms with Gasteiger partial charge in [0.15, 0.2) is 0 Å². The molecule has 1 aromatic heterocycles. The number of oxazole rings is 1. The lowest BCUT2D eigenvalue weighted by molar-refractivity contribution is -0.148. The van der Waals surface area contributed by atoms with Crippen LogP contribution < -0.4 is 5.32 Å². The first-order valence-corrected chi connectivity index (χ1v) is 7.83. The molecular weight excluding hydrogens is 276 g/mol. The number of carbonyl (C=O) groups is 1. The molecule has 0 aliphatic heterocycles. The van der Waals surface area contributed by atoms with Gasteiger partial charge in [-0.3, -0.25) is 4.79 Å². The fourth-order valence-electron chi connectivity index (χ4n) is 2.69. The Morgan fingerprint density at radius 1 is 1.60 bits per heavy atom. The van der Waals surface area contributed by atoms with Gasteiger partial charge in [-0.25, -0.2) is 4.98 Å². The van der Waals surface area contributed by atoms with Crippen molar-refractivity contribution in [1.29, 1.82) is 0 Å². The Kier molecular flexibility index (Phi) is 4.75. The Balaban J connectivity index is 2.04. The normalized spacial score (nSPS) is 25.9. The molecule has 1 heterocycles. The molecule has 0 spiro atoms. The summed E-state index contributed by atoms with van der Waals surface area (Å²) in [5, 5.41) is 4.32. The fraction of sp³-hybridized carbons (Fsp3) is 0.714. The molecule has 0 bridgehead atoms. The van der Waals surface area contributed by atoms with Crippen molar-refractivity contribution >= 4 is 17.7 Å². The lowest BCUT2D eigenvalue weighted by Gasteiger charge is -2.27. The van der Waals surface area contributed by atoms with Crippen molar-refractivity contribution in [2.24, 2.45) is 0 Å². The second-order valence-electron chi connectivity index (χ2n) is 5.21. The first-order valence-electron chi connectivity index (χ1n) is 6.95. The number of methoxy groups -OCH3 is 1. The first kappa shape index (κ1) is 15.4. The van der Waals surface area contributed by atoms with Crippen molar-refractivity contribution in [2.45, 2.75) is 56.0 Å². The van der Waals surface area contributed by atoms with Crippen LogP contribution in [0, 0.1) is 13.8 Å².